The van der Waals surface area contributed by atoms with Gasteiger partial charge >= 0.3 is 0 Å². The third-order valence-electron chi connectivity index (χ3n) is 1.95. The molecule has 0 amide bonds. The first kappa shape index (κ1) is 11.1. The van der Waals surface area contributed by atoms with Crippen LogP contribution in [0.3, 0.4) is 0 Å². The molecule has 0 spiro atoms. The normalized spacial score (nSPS) is 12.7. The second-order valence-electron chi connectivity index (χ2n) is 3.27. The van der Waals surface area contributed by atoms with Crippen LogP contribution in [0.5, 0.6) is 0 Å². The van der Waals surface area contributed by atoms with E-state index in [1.807, 2.05) is 6.07 Å². The van der Waals surface area contributed by atoms with E-state index >= 15 is 0 Å². The number of nitrogens with zero attached hydrogens (tertiary/aromatic N) is 2. The fraction of sp³-hybridized carbons (Fsp3) is 0.600. The van der Waals surface area contributed by atoms with Crippen LogP contribution in [-0.4, -0.2) is 27.7 Å². The third kappa shape index (κ3) is 4.30. The Balaban J connectivity index is 2.16. The summed E-state index contributed by atoms with van der Waals surface area (Å²) < 4.78 is 0. The van der Waals surface area contributed by atoms with Gasteiger partial charge in [0.25, 0.3) is 0 Å². The minimum atomic E-state index is -0.248. The predicted molar refractivity (Wildman–Crippen MR) is 54.7 cm³/mol. The second kappa shape index (κ2) is 6.45. The van der Waals surface area contributed by atoms with Crippen molar-refractivity contribution in [3.8, 4) is 0 Å². The molecule has 1 atom stereocenters. The number of aromatic nitrogens is 2. The maximum atomic E-state index is 9.43. The molecular formula is C10H17N3O. The molecule has 78 valence electrons. The molecule has 0 bridgehead atoms. The average molecular weight is 195 g/mol. The van der Waals surface area contributed by atoms with E-state index < -0.39 is 0 Å². The first-order valence-electron chi connectivity index (χ1n) is 4.96. The first-order chi connectivity index (χ1) is 6.83. The zero-order valence-corrected chi connectivity index (χ0v) is 8.48. The Hall–Kier alpha value is -1.00. The van der Waals surface area contributed by atoms with Crippen LogP contribution in [0, 0.1) is 0 Å². The summed E-state index contributed by atoms with van der Waals surface area (Å²) in [5, 5.41) is 12.6. The monoisotopic (exact) mass is 195 g/mol. The lowest BCUT2D eigenvalue weighted by Crippen LogP contribution is -2.26. The van der Waals surface area contributed by atoms with Gasteiger partial charge in [0.05, 0.1) is 11.8 Å². The van der Waals surface area contributed by atoms with E-state index in [0.717, 1.165) is 18.5 Å². The van der Waals surface area contributed by atoms with Crippen LogP contribution in [-0.2, 0) is 6.54 Å². The maximum Gasteiger partial charge on any atom is 0.115 e. The molecule has 0 aliphatic carbocycles. The topological polar surface area (TPSA) is 58.0 Å². The van der Waals surface area contributed by atoms with E-state index in [-0.39, 0.29) is 6.10 Å². The van der Waals surface area contributed by atoms with Gasteiger partial charge in [-0.25, -0.2) is 9.97 Å². The first-order valence-corrected chi connectivity index (χ1v) is 4.96. The lowest BCUT2D eigenvalue weighted by atomic mass is 10.2. The molecule has 14 heavy (non-hydrogen) atoms. The van der Waals surface area contributed by atoms with Gasteiger partial charge in [0.15, 0.2) is 0 Å². The standard InChI is InChI=1S/C10H17N3O/c1-2-3-10(14)7-12-6-9-4-5-11-8-13-9/h4-5,8,10,12,14H,2-3,6-7H2,1H3. The summed E-state index contributed by atoms with van der Waals surface area (Å²) in [4.78, 5) is 7.90. The Labute approximate surface area is 84.4 Å². The molecule has 1 rings (SSSR count). The van der Waals surface area contributed by atoms with Crippen LogP contribution in [0.1, 0.15) is 25.5 Å². The van der Waals surface area contributed by atoms with Crippen LogP contribution >= 0.6 is 0 Å². The number of aliphatic hydroxyl groups is 1. The fourth-order valence-corrected chi connectivity index (χ4v) is 1.22. The quantitative estimate of drug-likeness (QED) is 0.702. The zero-order chi connectivity index (χ0) is 10.2. The highest BCUT2D eigenvalue weighted by Gasteiger charge is 2.01. The second-order valence-corrected chi connectivity index (χ2v) is 3.27. The molecule has 1 unspecified atom stereocenters. The highest BCUT2D eigenvalue weighted by atomic mass is 16.3. The van der Waals surface area contributed by atoms with Gasteiger partial charge in [-0.05, 0) is 12.5 Å². The van der Waals surface area contributed by atoms with Crippen molar-refractivity contribution in [3.63, 3.8) is 0 Å². The van der Waals surface area contributed by atoms with E-state index in [1.165, 1.54) is 6.33 Å². The Bertz CT molecular complexity index is 240. The molecule has 0 radical (unpaired) electrons. The van der Waals surface area contributed by atoms with Crippen molar-refractivity contribution in [2.75, 3.05) is 6.54 Å². The molecule has 4 heteroatoms. The number of hydrogen-bond donors (Lipinski definition) is 2. The SMILES string of the molecule is CCCC(O)CNCc1ccncn1. The highest BCUT2D eigenvalue weighted by Crippen LogP contribution is 1.95. The number of aliphatic hydroxyl groups excluding tert-OH is 1. The molecule has 0 saturated heterocycles. The molecule has 1 aromatic rings. The smallest absolute Gasteiger partial charge is 0.115 e. The molecular weight excluding hydrogens is 178 g/mol. The van der Waals surface area contributed by atoms with Crippen LogP contribution in [0.4, 0.5) is 0 Å². The predicted octanol–water partition coefficient (Wildman–Crippen LogP) is 0.727. The Morgan fingerprint density at radius 3 is 3.07 bits per heavy atom. The summed E-state index contributed by atoms with van der Waals surface area (Å²) >= 11 is 0. The van der Waals surface area contributed by atoms with Gasteiger partial charge in [-0.1, -0.05) is 13.3 Å². The summed E-state index contributed by atoms with van der Waals surface area (Å²) in [6.45, 7) is 3.37. The minimum absolute atomic E-state index is 0.248. The van der Waals surface area contributed by atoms with Gasteiger partial charge in [0.2, 0.25) is 0 Å². The van der Waals surface area contributed by atoms with Gasteiger partial charge in [0, 0.05) is 19.3 Å². The van der Waals surface area contributed by atoms with Crippen molar-refractivity contribution in [2.24, 2.45) is 0 Å². The van der Waals surface area contributed by atoms with E-state index in [1.54, 1.807) is 6.20 Å². The van der Waals surface area contributed by atoms with Gasteiger partial charge < -0.3 is 10.4 Å². The number of nitrogens with one attached hydrogen (secondary N) is 1. The van der Waals surface area contributed by atoms with E-state index in [4.69, 9.17) is 0 Å². The Morgan fingerprint density at radius 1 is 1.57 bits per heavy atom. The largest absolute Gasteiger partial charge is 0.392 e. The summed E-state index contributed by atoms with van der Waals surface area (Å²) in [5.74, 6) is 0. The molecule has 4 nitrogen and oxygen atoms in total. The van der Waals surface area contributed by atoms with Gasteiger partial charge in [0.1, 0.15) is 6.33 Å². The fourth-order valence-electron chi connectivity index (χ4n) is 1.22. The summed E-state index contributed by atoms with van der Waals surface area (Å²) in [6.07, 6.45) is 4.85. The van der Waals surface area contributed by atoms with Gasteiger partial charge in [-0.3, -0.25) is 0 Å². The highest BCUT2D eigenvalue weighted by molar-refractivity contribution is 4.96. The summed E-state index contributed by atoms with van der Waals surface area (Å²) in [7, 11) is 0. The van der Waals surface area contributed by atoms with Crippen molar-refractivity contribution in [1.82, 2.24) is 15.3 Å². The molecule has 0 fully saturated rings. The lowest BCUT2D eigenvalue weighted by Gasteiger charge is -2.09. The van der Waals surface area contributed by atoms with Gasteiger partial charge in [-0.2, -0.15) is 0 Å². The molecule has 0 aliphatic rings. The lowest BCUT2D eigenvalue weighted by molar-refractivity contribution is 0.160. The maximum absolute atomic E-state index is 9.43. The van der Waals surface area contributed by atoms with E-state index in [0.29, 0.717) is 13.1 Å². The molecule has 0 saturated carbocycles. The molecule has 0 aliphatic heterocycles. The van der Waals surface area contributed by atoms with Crippen molar-refractivity contribution < 1.29 is 5.11 Å². The van der Waals surface area contributed by atoms with Crippen LogP contribution in [0.25, 0.3) is 0 Å². The molecule has 1 heterocycles. The van der Waals surface area contributed by atoms with Crippen molar-refractivity contribution >= 4 is 0 Å². The summed E-state index contributed by atoms with van der Waals surface area (Å²) in [6, 6.07) is 1.86. The third-order valence-corrected chi connectivity index (χ3v) is 1.95. The zero-order valence-electron chi connectivity index (χ0n) is 8.48. The van der Waals surface area contributed by atoms with Crippen molar-refractivity contribution in [1.29, 1.82) is 0 Å². The van der Waals surface area contributed by atoms with Crippen LogP contribution < -0.4 is 5.32 Å². The number of rotatable bonds is 6. The Morgan fingerprint density at radius 2 is 2.43 bits per heavy atom. The minimum Gasteiger partial charge on any atom is -0.392 e. The average Bonchev–Trinajstić information content (AvgIpc) is 2.20. The van der Waals surface area contributed by atoms with Gasteiger partial charge in [-0.15, -0.1) is 0 Å². The van der Waals surface area contributed by atoms with E-state index in [2.05, 4.69) is 22.2 Å². The molecule has 1 aromatic heterocycles. The van der Waals surface area contributed by atoms with Crippen molar-refractivity contribution in [2.45, 2.75) is 32.4 Å². The van der Waals surface area contributed by atoms with Crippen LogP contribution in [0.15, 0.2) is 18.6 Å². The summed E-state index contributed by atoms with van der Waals surface area (Å²) in [5.41, 5.74) is 0.948. The van der Waals surface area contributed by atoms with Crippen molar-refractivity contribution in [3.05, 3.63) is 24.3 Å². The Kier molecular flexibility index (Phi) is 5.11. The van der Waals surface area contributed by atoms with E-state index in [9.17, 15) is 5.11 Å². The van der Waals surface area contributed by atoms with Crippen LogP contribution in [0.2, 0.25) is 0 Å². The number of hydrogen-bond acceptors (Lipinski definition) is 4. The molecule has 2 N–H and O–H groups in total. The molecule has 0 aromatic carbocycles.